The zero-order chi connectivity index (χ0) is 8.97. The lowest BCUT2D eigenvalue weighted by Crippen LogP contribution is -1.95. The zero-order valence-corrected chi connectivity index (χ0v) is 8.19. The van der Waals surface area contributed by atoms with Gasteiger partial charge in [-0.3, -0.25) is 0 Å². The number of ether oxygens (including phenoxy) is 1. The normalized spacial score (nSPS) is 9.58. The average Bonchev–Trinajstić information content (AvgIpc) is 2.05. The van der Waals surface area contributed by atoms with E-state index in [4.69, 9.17) is 4.74 Å². The van der Waals surface area contributed by atoms with E-state index in [1.54, 1.807) is 12.1 Å². The molecule has 0 radical (unpaired) electrons. The second kappa shape index (κ2) is 4.30. The van der Waals surface area contributed by atoms with Gasteiger partial charge in [0, 0.05) is 11.8 Å². The van der Waals surface area contributed by atoms with Gasteiger partial charge in [0.1, 0.15) is 0 Å². The van der Waals surface area contributed by atoms with Gasteiger partial charge in [-0.15, -0.1) is 0 Å². The van der Waals surface area contributed by atoms with Crippen LogP contribution in [0.25, 0.3) is 0 Å². The van der Waals surface area contributed by atoms with E-state index in [-0.39, 0.29) is 11.6 Å². The minimum absolute atomic E-state index is 0.259. The number of benzene rings is 1. The summed E-state index contributed by atoms with van der Waals surface area (Å²) in [6, 6.07) is 4.73. The van der Waals surface area contributed by atoms with Crippen LogP contribution >= 0.6 is 15.9 Å². The number of hydrogen-bond donors (Lipinski definition) is 1. The lowest BCUT2D eigenvalue weighted by atomic mass is 10.3. The van der Waals surface area contributed by atoms with Crippen molar-refractivity contribution in [1.82, 2.24) is 0 Å². The van der Waals surface area contributed by atoms with Crippen LogP contribution in [0.2, 0.25) is 0 Å². The minimum Gasteiger partial charge on any atom is -0.494 e. The third-order valence-corrected chi connectivity index (χ3v) is 1.70. The first-order valence-electron chi connectivity index (χ1n) is 3.41. The van der Waals surface area contributed by atoms with Crippen LogP contribution in [0.1, 0.15) is 0 Å². The van der Waals surface area contributed by atoms with Crippen molar-refractivity contribution < 1.29 is 9.13 Å². The predicted octanol–water partition coefficient (Wildman–Crippen LogP) is 2.60. The van der Waals surface area contributed by atoms with E-state index in [2.05, 4.69) is 21.2 Å². The second-order valence-corrected chi connectivity index (χ2v) is 2.72. The van der Waals surface area contributed by atoms with Gasteiger partial charge >= 0.3 is 0 Å². The lowest BCUT2D eigenvalue weighted by molar-refractivity contribution is 0.386. The topological polar surface area (TPSA) is 21.3 Å². The second-order valence-electron chi connectivity index (χ2n) is 2.16. The Balaban J connectivity index is 2.86. The van der Waals surface area contributed by atoms with Gasteiger partial charge < -0.3 is 10.1 Å². The maximum atomic E-state index is 13.0. The molecule has 0 spiro atoms. The van der Waals surface area contributed by atoms with Crippen molar-refractivity contribution >= 4 is 21.6 Å². The molecular formula is C8H9BrFNO. The fourth-order valence-electron chi connectivity index (χ4n) is 0.853. The highest BCUT2D eigenvalue weighted by Crippen LogP contribution is 2.20. The van der Waals surface area contributed by atoms with Gasteiger partial charge in [0.2, 0.25) is 0 Å². The van der Waals surface area contributed by atoms with Gasteiger partial charge in [0.05, 0.1) is 12.6 Å². The molecule has 0 bridgehead atoms. The fourth-order valence-corrected chi connectivity index (χ4v) is 1.18. The Morgan fingerprint density at radius 2 is 2.33 bits per heavy atom. The summed E-state index contributed by atoms with van der Waals surface area (Å²) in [6.45, 7) is 0. The summed E-state index contributed by atoms with van der Waals surface area (Å²) in [5.74, 6) is -0.0985. The van der Waals surface area contributed by atoms with E-state index in [1.807, 2.05) is 0 Å². The number of rotatable bonds is 3. The molecule has 0 aromatic heterocycles. The van der Waals surface area contributed by atoms with E-state index in [9.17, 15) is 4.39 Å². The molecule has 0 saturated heterocycles. The van der Waals surface area contributed by atoms with Crippen molar-refractivity contribution in [3.63, 3.8) is 0 Å². The Kier molecular flexibility index (Phi) is 3.34. The van der Waals surface area contributed by atoms with Gasteiger partial charge in [0.15, 0.2) is 11.6 Å². The summed E-state index contributed by atoms with van der Waals surface area (Å²) in [6.07, 6.45) is 0. The predicted molar refractivity (Wildman–Crippen MR) is 50.4 cm³/mol. The van der Waals surface area contributed by atoms with Crippen molar-refractivity contribution in [2.75, 3.05) is 17.9 Å². The van der Waals surface area contributed by atoms with Crippen molar-refractivity contribution in [3.8, 4) is 5.75 Å². The largest absolute Gasteiger partial charge is 0.494 e. The molecule has 1 rings (SSSR count). The van der Waals surface area contributed by atoms with Crippen LogP contribution in [-0.4, -0.2) is 12.6 Å². The summed E-state index contributed by atoms with van der Waals surface area (Å²) in [7, 11) is 1.44. The molecule has 0 aliphatic rings. The molecule has 0 saturated carbocycles. The fraction of sp³-hybridized carbons (Fsp3) is 0.250. The van der Waals surface area contributed by atoms with Crippen molar-refractivity contribution in [3.05, 3.63) is 24.0 Å². The SMILES string of the molecule is COc1ccc(NCBr)cc1F. The maximum absolute atomic E-state index is 13.0. The van der Waals surface area contributed by atoms with Crippen LogP contribution in [0.4, 0.5) is 10.1 Å². The molecule has 0 aliphatic carbocycles. The summed E-state index contributed by atoms with van der Waals surface area (Å²) >= 11 is 3.18. The average molecular weight is 234 g/mol. The van der Waals surface area contributed by atoms with Crippen LogP contribution in [0.15, 0.2) is 18.2 Å². The Morgan fingerprint density at radius 1 is 1.58 bits per heavy atom. The van der Waals surface area contributed by atoms with Gasteiger partial charge in [-0.25, -0.2) is 4.39 Å². The highest BCUT2D eigenvalue weighted by Gasteiger charge is 2.01. The third kappa shape index (κ3) is 2.11. The summed E-state index contributed by atoms with van der Waals surface area (Å²) < 4.78 is 17.8. The monoisotopic (exact) mass is 233 g/mol. The minimum atomic E-state index is -0.358. The molecule has 1 aromatic carbocycles. The van der Waals surface area contributed by atoms with Gasteiger partial charge in [-0.05, 0) is 12.1 Å². The molecule has 4 heteroatoms. The Morgan fingerprint density at radius 3 is 2.83 bits per heavy atom. The van der Waals surface area contributed by atoms with Gasteiger partial charge in [-0.2, -0.15) is 0 Å². The molecular weight excluding hydrogens is 225 g/mol. The molecule has 0 atom stereocenters. The molecule has 0 unspecified atom stereocenters. The molecule has 0 heterocycles. The Labute approximate surface area is 78.9 Å². The smallest absolute Gasteiger partial charge is 0.167 e. The molecule has 66 valence electrons. The van der Waals surface area contributed by atoms with Crippen molar-refractivity contribution in [1.29, 1.82) is 0 Å². The van der Waals surface area contributed by atoms with E-state index in [0.29, 0.717) is 5.45 Å². The molecule has 1 N–H and O–H groups in total. The molecule has 2 nitrogen and oxygen atoms in total. The first kappa shape index (κ1) is 9.32. The molecule has 12 heavy (non-hydrogen) atoms. The van der Waals surface area contributed by atoms with E-state index >= 15 is 0 Å². The maximum Gasteiger partial charge on any atom is 0.167 e. The van der Waals surface area contributed by atoms with E-state index in [1.165, 1.54) is 13.2 Å². The lowest BCUT2D eigenvalue weighted by Gasteiger charge is -2.04. The molecule has 0 fully saturated rings. The van der Waals surface area contributed by atoms with E-state index in [0.717, 1.165) is 5.69 Å². The first-order chi connectivity index (χ1) is 5.77. The van der Waals surface area contributed by atoms with Gasteiger partial charge in [0.25, 0.3) is 0 Å². The molecule has 1 aromatic rings. The first-order valence-corrected chi connectivity index (χ1v) is 4.53. The zero-order valence-electron chi connectivity index (χ0n) is 6.60. The van der Waals surface area contributed by atoms with Crippen LogP contribution < -0.4 is 10.1 Å². The Bertz CT molecular complexity index is 267. The third-order valence-electron chi connectivity index (χ3n) is 1.42. The van der Waals surface area contributed by atoms with Crippen molar-refractivity contribution in [2.24, 2.45) is 0 Å². The number of halogens is 2. The number of nitrogens with one attached hydrogen (secondary N) is 1. The summed E-state index contributed by atoms with van der Waals surface area (Å²) in [5, 5.41) is 2.92. The van der Waals surface area contributed by atoms with Gasteiger partial charge in [-0.1, -0.05) is 15.9 Å². The standard InChI is InChI=1S/C8H9BrFNO/c1-12-8-3-2-6(11-5-9)4-7(8)10/h2-4,11H,5H2,1H3. The highest BCUT2D eigenvalue weighted by atomic mass is 79.9. The molecule has 0 amide bonds. The molecule has 0 aliphatic heterocycles. The number of anilines is 1. The highest BCUT2D eigenvalue weighted by molar-refractivity contribution is 9.09. The number of hydrogen-bond acceptors (Lipinski definition) is 2. The van der Waals surface area contributed by atoms with E-state index < -0.39 is 0 Å². The van der Waals surface area contributed by atoms with Crippen LogP contribution in [0, 0.1) is 5.82 Å². The summed E-state index contributed by atoms with van der Waals surface area (Å²) in [5.41, 5.74) is 1.32. The number of methoxy groups -OCH3 is 1. The van der Waals surface area contributed by atoms with Crippen LogP contribution in [0.5, 0.6) is 5.75 Å². The Hall–Kier alpha value is -0.770. The van der Waals surface area contributed by atoms with Crippen LogP contribution in [0.3, 0.4) is 0 Å². The number of alkyl halides is 1. The van der Waals surface area contributed by atoms with Crippen LogP contribution in [-0.2, 0) is 0 Å². The summed E-state index contributed by atoms with van der Waals surface area (Å²) in [4.78, 5) is 0. The van der Waals surface area contributed by atoms with Crippen molar-refractivity contribution in [2.45, 2.75) is 0 Å². The quantitative estimate of drug-likeness (QED) is 0.641.